The smallest absolute Gasteiger partial charge is 0.147 e. The average molecular weight is 484 g/mol. The third-order valence-corrected chi connectivity index (χ3v) is 11.7. The molecule has 0 aromatic heterocycles. The summed E-state index contributed by atoms with van der Waals surface area (Å²) in [4.78, 5) is 0. The van der Waals surface area contributed by atoms with Gasteiger partial charge in [-0.25, -0.2) is 0 Å². The Hall–Kier alpha value is 0.171. The molecule has 1 aliphatic rings. The zero-order chi connectivity index (χ0) is 19.1. The van der Waals surface area contributed by atoms with E-state index in [-0.39, 0.29) is 30.2 Å². The molecule has 0 saturated carbocycles. The fourth-order valence-corrected chi connectivity index (χ4v) is 8.98. The molecule has 1 aromatic rings. The zero-order valence-electron chi connectivity index (χ0n) is 17.9. The number of hydrogen-bond acceptors (Lipinski definition) is 1. The average Bonchev–Trinajstić information content (AvgIpc) is 2.67. The zero-order valence-corrected chi connectivity index (χ0v) is 23.9. The minimum atomic E-state index is -1.98. The minimum Gasteiger partial charge on any atom is -0.147 e. The molecular weight excluding hydrogens is 451 g/mol. The summed E-state index contributed by atoms with van der Waals surface area (Å²) in [5.74, 6) is 1.46. The monoisotopic (exact) mass is 482 g/mol. The van der Waals surface area contributed by atoms with Gasteiger partial charge in [0.05, 0.1) is 0 Å². The molecule has 152 valence electrons. The Balaban J connectivity index is 0.00000338. The molecule has 0 saturated heterocycles. The molecule has 2 rings (SSSR count). The summed E-state index contributed by atoms with van der Waals surface area (Å²) in [7, 11) is 1.09. The van der Waals surface area contributed by atoms with E-state index >= 15 is 0 Å². The maximum atomic E-state index is 6.70. The Morgan fingerprint density at radius 2 is 1.67 bits per heavy atom. The molecule has 0 radical (unpaired) electrons. The van der Waals surface area contributed by atoms with E-state index in [1.807, 2.05) is 6.07 Å². The summed E-state index contributed by atoms with van der Waals surface area (Å²) in [5.41, 5.74) is 4.32. The van der Waals surface area contributed by atoms with Gasteiger partial charge >= 0.3 is 168 Å². The molecule has 0 bridgehead atoms. The van der Waals surface area contributed by atoms with E-state index in [4.69, 9.17) is 14.9 Å². The Morgan fingerprint density at radius 1 is 1.11 bits per heavy atom. The third kappa shape index (κ3) is 6.07. The molecule has 0 aliphatic heterocycles. The molecule has 1 atom stereocenters. The Kier molecular flexibility index (Phi) is 10.3. The van der Waals surface area contributed by atoms with Crippen LogP contribution in [0.25, 0.3) is 0 Å². The van der Waals surface area contributed by atoms with Crippen LogP contribution < -0.4 is 3.32 Å². The quantitative estimate of drug-likeness (QED) is 0.467. The van der Waals surface area contributed by atoms with Crippen LogP contribution in [0.4, 0.5) is 0 Å². The van der Waals surface area contributed by atoms with Crippen LogP contribution in [0.15, 0.2) is 38.4 Å². The summed E-state index contributed by atoms with van der Waals surface area (Å²) in [5, 5.41) is 2.35. The van der Waals surface area contributed by atoms with Gasteiger partial charge in [0, 0.05) is 0 Å². The fourth-order valence-electron chi connectivity index (χ4n) is 3.33. The molecule has 0 fully saturated rings. The Labute approximate surface area is 192 Å². The molecular formula is C21H33Cl3OSiTi. The molecule has 27 heavy (non-hydrogen) atoms. The van der Waals surface area contributed by atoms with Gasteiger partial charge in [-0.1, -0.05) is 0 Å². The molecule has 1 aromatic carbocycles. The number of benzene rings is 1. The molecule has 6 heteroatoms. The second-order valence-corrected chi connectivity index (χ2v) is 13.6. The van der Waals surface area contributed by atoms with Crippen molar-refractivity contribution in [2.75, 3.05) is 0 Å². The number of halogens is 3. The van der Waals surface area contributed by atoms with Crippen LogP contribution in [0.5, 0.6) is 5.75 Å². The number of allylic oxidation sites excluding steroid dienone is 4. The topological polar surface area (TPSA) is 9.23 Å². The van der Waals surface area contributed by atoms with Gasteiger partial charge in [-0.05, 0) is 0 Å². The first-order chi connectivity index (χ1) is 11.4. The minimum absolute atomic E-state index is 0. The Bertz CT molecular complexity index is 800. The largest absolute Gasteiger partial charge is 0.147 e. The predicted octanol–water partition coefficient (Wildman–Crippen LogP) is 6.17. The van der Waals surface area contributed by atoms with E-state index in [2.05, 4.69) is 67.5 Å². The van der Waals surface area contributed by atoms with Crippen LogP contribution in [-0.2, 0) is 23.2 Å². The molecule has 0 heterocycles. The number of hydrogen-bond donors (Lipinski definition) is 0. The van der Waals surface area contributed by atoms with Gasteiger partial charge in [-0.15, -0.1) is 24.8 Å². The van der Waals surface area contributed by atoms with Crippen molar-refractivity contribution in [1.82, 2.24) is 0 Å². The van der Waals surface area contributed by atoms with Crippen molar-refractivity contribution in [3.05, 3.63) is 49.0 Å². The van der Waals surface area contributed by atoms with Crippen molar-refractivity contribution < 1.29 is 21.1 Å². The van der Waals surface area contributed by atoms with E-state index in [0.717, 1.165) is 21.0 Å². The van der Waals surface area contributed by atoms with Crippen LogP contribution >= 0.6 is 36.4 Å². The first-order valence-corrected chi connectivity index (χ1v) is 12.6. The predicted molar refractivity (Wildman–Crippen MR) is 126 cm³/mol. The molecule has 1 unspecified atom stereocenters. The maximum Gasteiger partial charge on any atom is -0.147 e. The van der Waals surface area contributed by atoms with Crippen LogP contribution in [-0.4, -0.2) is 14.1 Å². The van der Waals surface area contributed by atoms with Crippen LogP contribution in [0.3, 0.4) is 0 Å². The summed E-state index contributed by atoms with van der Waals surface area (Å²) in [6, 6.07) is 6.22. The standard InChI is InChI=1S/C10H13ClO.C8H13Si.C3H6.2ClH.Ti/c1-10(2,3)7-4-8(11)6-9(12)5-7;1-5-4-8(9)7(3)6(5)2;1-3-2;;;/h4-6,12H,1-3H3;5H,1-3,9H3;1-2H3;2*1H;/q;;;;;+1/p-1. The summed E-state index contributed by atoms with van der Waals surface area (Å²) in [6.07, 6.45) is 0. The van der Waals surface area contributed by atoms with E-state index in [1.165, 1.54) is 20.5 Å². The molecule has 1 aliphatic carbocycles. The van der Waals surface area contributed by atoms with Crippen LogP contribution in [0.1, 0.15) is 61.0 Å². The summed E-state index contributed by atoms with van der Waals surface area (Å²) < 4.78 is 9.76. The SMILES string of the molecule is CC1=C(C)C(C)[C]([Ti]([O]c2cc(Cl)cc(C(C)(C)C)c2)=[C](C)C)=C1[SiH3].Cl.Cl. The first-order valence-electron chi connectivity index (χ1n) is 8.98. The maximum absolute atomic E-state index is 6.70. The summed E-state index contributed by atoms with van der Waals surface area (Å²) in [6.45, 7) is 18.0. The van der Waals surface area contributed by atoms with E-state index < -0.39 is 17.8 Å². The summed E-state index contributed by atoms with van der Waals surface area (Å²) >= 11 is 4.43. The van der Waals surface area contributed by atoms with Gasteiger partial charge < -0.3 is 0 Å². The van der Waals surface area contributed by atoms with Crippen molar-refractivity contribution >= 4 is 50.5 Å². The molecule has 0 spiro atoms. The van der Waals surface area contributed by atoms with E-state index in [9.17, 15) is 0 Å². The van der Waals surface area contributed by atoms with Gasteiger partial charge in [-0.2, -0.15) is 0 Å². The second kappa shape index (κ2) is 10.3. The van der Waals surface area contributed by atoms with Gasteiger partial charge in [0.1, 0.15) is 0 Å². The van der Waals surface area contributed by atoms with Gasteiger partial charge in [0.25, 0.3) is 0 Å². The fraction of sp³-hybridized carbons (Fsp3) is 0.476. The van der Waals surface area contributed by atoms with Gasteiger partial charge in [-0.3, -0.25) is 0 Å². The van der Waals surface area contributed by atoms with Crippen LogP contribution in [0.2, 0.25) is 5.02 Å². The van der Waals surface area contributed by atoms with Crippen LogP contribution in [0, 0.1) is 5.92 Å². The van der Waals surface area contributed by atoms with Crippen molar-refractivity contribution in [2.45, 2.75) is 60.8 Å². The van der Waals surface area contributed by atoms with Crippen molar-refractivity contribution in [3.63, 3.8) is 0 Å². The third-order valence-electron chi connectivity index (χ3n) is 5.30. The van der Waals surface area contributed by atoms with E-state index in [0.29, 0.717) is 5.92 Å². The molecule has 1 nitrogen and oxygen atoms in total. The van der Waals surface area contributed by atoms with Crippen molar-refractivity contribution in [3.8, 4) is 5.75 Å². The van der Waals surface area contributed by atoms with Gasteiger partial charge in [0.2, 0.25) is 0 Å². The van der Waals surface area contributed by atoms with Gasteiger partial charge in [0.15, 0.2) is 0 Å². The first kappa shape index (κ1) is 27.2. The number of rotatable bonds is 3. The van der Waals surface area contributed by atoms with E-state index in [1.54, 1.807) is 9.07 Å². The van der Waals surface area contributed by atoms with Crippen molar-refractivity contribution in [2.24, 2.45) is 5.92 Å². The molecule has 0 N–H and O–H groups in total. The second-order valence-electron chi connectivity index (χ2n) is 8.43. The normalized spacial score (nSPS) is 16.9. The molecule has 0 amide bonds. The Morgan fingerprint density at radius 3 is 2.07 bits per heavy atom. The van der Waals surface area contributed by atoms with Crippen molar-refractivity contribution in [1.29, 1.82) is 0 Å².